The first-order chi connectivity index (χ1) is 14.4. The Morgan fingerprint density at radius 1 is 1.13 bits per heavy atom. The summed E-state index contributed by atoms with van der Waals surface area (Å²) in [4.78, 5) is 48.5. The lowest BCUT2D eigenvalue weighted by Crippen LogP contribution is -2.23. The molecule has 0 aliphatic carbocycles. The Labute approximate surface area is 171 Å². The molecular formula is C22H20N4O4. The fraction of sp³-hybridized carbons (Fsp3) is 0.227. The molecule has 1 atom stereocenters. The Hall–Kier alpha value is -3.81. The number of benzene rings is 2. The minimum Gasteiger partial charge on any atom is -0.451 e. The van der Waals surface area contributed by atoms with Crippen molar-refractivity contribution in [2.45, 2.75) is 33.4 Å². The average Bonchev–Trinajstić information content (AvgIpc) is 2.74. The number of aromatic nitrogens is 4. The Morgan fingerprint density at radius 3 is 2.67 bits per heavy atom. The number of nitrogens with one attached hydrogen (secondary N) is 1. The zero-order chi connectivity index (χ0) is 21.4. The van der Waals surface area contributed by atoms with Crippen molar-refractivity contribution in [3.63, 3.8) is 0 Å². The molecule has 0 saturated heterocycles. The molecule has 0 fully saturated rings. The van der Waals surface area contributed by atoms with Gasteiger partial charge >= 0.3 is 5.97 Å². The maximum Gasteiger partial charge on any atom is 0.338 e. The summed E-state index contributed by atoms with van der Waals surface area (Å²) in [6.45, 7) is 5.66. The molecule has 30 heavy (non-hydrogen) atoms. The van der Waals surface area contributed by atoms with Crippen molar-refractivity contribution in [2.75, 3.05) is 0 Å². The molecule has 2 heterocycles. The molecule has 0 aliphatic heterocycles. The predicted octanol–water partition coefficient (Wildman–Crippen LogP) is 2.88. The van der Waals surface area contributed by atoms with E-state index >= 15 is 0 Å². The van der Waals surface area contributed by atoms with Crippen LogP contribution >= 0.6 is 0 Å². The largest absolute Gasteiger partial charge is 0.451 e. The number of H-pyrrole nitrogens is 1. The Balaban J connectivity index is 1.65. The van der Waals surface area contributed by atoms with Gasteiger partial charge in [-0.2, -0.15) is 0 Å². The molecule has 2 aromatic heterocycles. The topological polar surface area (TPSA) is 107 Å². The molecule has 0 saturated carbocycles. The molecule has 0 radical (unpaired) electrons. The molecule has 1 N–H and O–H groups in total. The zero-order valence-electron chi connectivity index (χ0n) is 16.8. The molecule has 2 aromatic carbocycles. The van der Waals surface area contributed by atoms with Crippen LogP contribution in [0, 0.1) is 6.92 Å². The van der Waals surface area contributed by atoms with Gasteiger partial charge in [0.05, 0.1) is 27.5 Å². The van der Waals surface area contributed by atoms with E-state index in [9.17, 15) is 14.4 Å². The lowest BCUT2D eigenvalue weighted by molar-refractivity contribution is 0.0320. The lowest BCUT2D eigenvalue weighted by Gasteiger charge is -2.14. The molecule has 4 aromatic rings. The maximum atomic E-state index is 12.7. The average molecular weight is 404 g/mol. The molecule has 0 bridgehead atoms. The first kappa shape index (κ1) is 19.5. The SMILES string of the molecule is CCn1c(=O)c(C)nc2cc(C(=O)O[C@@H](C)c3nc4ccccc4c(=O)[nH]3)ccc21. The molecule has 0 amide bonds. The van der Waals surface area contributed by atoms with Crippen molar-refractivity contribution in [2.24, 2.45) is 0 Å². The highest BCUT2D eigenvalue weighted by Crippen LogP contribution is 2.19. The third kappa shape index (κ3) is 3.36. The van der Waals surface area contributed by atoms with Gasteiger partial charge in [-0.3, -0.25) is 9.59 Å². The minimum atomic E-state index is -0.759. The number of aromatic amines is 1. The Bertz CT molecular complexity index is 1400. The smallest absolute Gasteiger partial charge is 0.338 e. The van der Waals surface area contributed by atoms with Gasteiger partial charge in [0.1, 0.15) is 5.69 Å². The lowest BCUT2D eigenvalue weighted by atomic mass is 10.2. The first-order valence-corrected chi connectivity index (χ1v) is 9.60. The predicted molar refractivity (Wildman–Crippen MR) is 113 cm³/mol. The van der Waals surface area contributed by atoms with E-state index in [0.29, 0.717) is 39.7 Å². The first-order valence-electron chi connectivity index (χ1n) is 9.60. The van der Waals surface area contributed by atoms with Gasteiger partial charge in [-0.1, -0.05) is 12.1 Å². The quantitative estimate of drug-likeness (QED) is 0.524. The van der Waals surface area contributed by atoms with Gasteiger partial charge in [0.2, 0.25) is 0 Å². The van der Waals surface area contributed by atoms with Gasteiger partial charge in [0.25, 0.3) is 11.1 Å². The Morgan fingerprint density at radius 2 is 1.90 bits per heavy atom. The van der Waals surface area contributed by atoms with E-state index in [1.807, 2.05) is 6.92 Å². The zero-order valence-corrected chi connectivity index (χ0v) is 16.8. The van der Waals surface area contributed by atoms with Gasteiger partial charge in [-0.15, -0.1) is 0 Å². The van der Waals surface area contributed by atoms with Crippen LogP contribution in [0.15, 0.2) is 52.1 Å². The minimum absolute atomic E-state index is 0.153. The summed E-state index contributed by atoms with van der Waals surface area (Å²) in [7, 11) is 0. The number of hydrogen-bond donors (Lipinski definition) is 1. The van der Waals surface area contributed by atoms with Crippen LogP contribution in [0.5, 0.6) is 0 Å². The monoisotopic (exact) mass is 404 g/mol. The number of carbonyl (C=O) groups is 1. The number of nitrogens with zero attached hydrogens (tertiary/aromatic N) is 3. The molecule has 8 heteroatoms. The van der Waals surface area contributed by atoms with Crippen molar-refractivity contribution >= 4 is 27.9 Å². The number of rotatable bonds is 4. The molecular weight excluding hydrogens is 384 g/mol. The van der Waals surface area contributed by atoms with Gasteiger partial charge < -0.3 is 14.3 Å². The van der Waals surface area contributed by atoms with E-state index in [4.69, 9.17) is 4.74 Å². The summed E-state index contributed by atoms with van der Waals surface area (Å²) >= 11 is 0. The normalized spacial score (nSPS) is 12.2. The summed E-state index contributed by atoms with van der Waals surface area (Å²) in [6.07, 6.45) is -0.759. The summed E-state index contributed by atoms with van der Waals surface area (Å²) in [5.74, 6) is -0.310. The number of ether oxygens (including phenoxy) is 1. The summed E-state index contributed by atoms with van der Waals surface area (Å²) in [5, 5.41) is 0.470. The number of fused-ring (bicyclic) bond motifs is 2. The van der Waals surface area contributed by atoms with Crippen LogP contribution in [0.2, 0.25) is 0 Å². The van der Waals surface area contributed by atoms with Crippen LogP contribution in [-0.4, -0.2) is 25.5 Å². The van der Waals surface area contributed by atoms with E-state index in [2.05, 4.69) is 15.0 Å². The van der Waals surface area contributed by atoms with E-state index in [0.717, 1.165) is 0 Å². The van der Waals surface area contributed by atoms with Gasteiger partial charge in [-0.05, 0) is 51.1 Å². The number of hydrogen-bond acceptors (Lipinski definition) is 6. The van der Waals surface area contributed by atoms with Crippen molar-refractivity contribution in [1.29, 1.82) is 0 Å². The third-order valence-electron chi connectivity index (χ3n) is 4.96. The van der Waals surface area contributed by atoms with E-state index in [1.54, 1.807) is 60.9 Å². The highest BCUT2D eigenvalue weighted by atomic mass is 16.5. The summed E-state index contributed by atoms with van der Waals surface area (Å²) < 4.78 is 7.13. The van der Waals surface area contributed by atoms with Crippen LogP contribution in [0.3, 0.4) is 0 Å². The van der Waals surface area contributed by atoms with Crippen LogP contribution in [-0.2, 0) is 11.3 Å². The number of esters is 1. The third-order valence-corrected chi connectivity index (χ3v) is 4.96. The van der Waals surface area contributed by atoms with E-state index < -0.39 is 12.1 Å². The summed E-state index contributed by atoms with van der Waals surface area (Å²) in [6, 6.07) is 11.8. The van der Waals surface area contributed by atoms with Crippen LogP contribution in [0.25, 0.3) is 21.9 Å². The second-order valence-corrected chi connectivity index (χ2v) is 6.97. The second-order valence-electron chi connectivity index (χ2n) is 6.97. The van der Waals surface area contributed by atoms with Crippen molar-refractivity contribution in [3.8, 4) is 0 Å². The maximum absolute atomic E-state index is 12.7. The molecule has 0 aliphatic rings. The van der Waals surface area contributed by atoms with E-state index in [-0.39, 0.29) is 16.9 Å². The molecule has 4 rings (SSSR count). The van der Waals surface area contributed by atoms with Crippen molar-refractivity contribution in [3.05, 3.63) is 80.3 Å². The second kappa shape index (κ2) is 7.55. The van der Waals surface area contributed by atoms with Crippen molar-refractivity contribution < 1.29 is 9.53 Å². The summed E-state index contributed by atoms with van der Waals surface area (Å²) in [5.41, 5.74) is 1.93. The fourth-order valence-corrected chi connectivity index (χ4v) is 3.40. The van der Waals surface area contributed by atoms with Gasteiger partial charge in [0.15, 0.2) is 11.9 Å². The Kier molecular flexibility index (Phi) is 4.91. The van der Waals surface area contributed by atoms with Crippen LogP contribution < -0.4 is 11.1 Å². The highest BCUT2D eigenvalue weighted by Gasteiger charge is 2.18. The molecule has 0 spiro atoms. The molecule has 0 unspecified atom stereocenters. The van der Waals surface area contributed by atoms with Crippen LogP contribution in [0.1, 0.15) is 41.8 Å². The number of aryl methyl sites for hydroxylation is 2. The number of carbonyl (C=O) groups excluding carboxylic acids is 1. The molecule has 8 nitrogen and oxygen atoms in total. The highest BCUT2D eigenvalue weighted by molar-refractivity contribution is 5.93. The van der Waals surface area contributed by atoms with Gasteiger partial charge in [0, 0.05) is 6.54 Å². The van der Waals surface area contributed by atoms with Gasteiger partial charge in [-0.25, -0.2) is 14.8 Å². The van der Waals surface area contributed by atoms with Crippen molar-refractivity contribution in [1.82, 2.24) is 19.5 Å². The number of para-hydroxylation sites is 1. The van der Waals surface area contributed by atoms with E-state index in [1.165, 1.54) is 0 Å². The molecule has 152 valence electrons. The standard InChI is InChI=1S/C22H20N4O4/c1-4-26-18-10-9-14(11-17(18)23-12(2)21(26)28)22(29)30-13(3)19-24-16-8-6-5-7-15(16)20(27)25-19/h5-11,13H,4H2,1-3H3,(H,24,25,27)/t13-/m0/s1. The fourth-order valence-electron chi connectivity index (χ4n) is 3.40. The van der Waals surface area contributed by atoms with Crippen LogP contribution in [0.4, 0.5) is 0 Å².